The number of hydrogen-bond donors (Lipinski definition) is 0. The number of benzene rings is 1. The summed E-state index contributed by atoms with van der Waals surface area (Å²) in [4.78, 5) is 0. The lowest BCUT2D eigenvalue weighted by Crippen LogP contribution is -1.88. The van der Waals surface area contributed by atoms with Gasteiger partial charge in [0.25, 0.3) is 0 Å². The molecule has 0 bridgehead atoms. The van der Waals surface area contributed by atoms with Crippen LogP contribution in [0.2, 0.25) is 0 Å². The molecule has 0 atom stereocenters. The first-order valence-electron chi connectivity index (χ1n) is 4.05. The Bertz CT molecular complexity index is 456. The Hall–Kier alpha value is -2.28. The van der Waals surface area contributed by atoms with Gasteiger partial charge in [-0.1, -0.05) is 12.1 Å². The Balaban J connectivity index is 2.40. The van der Waals surface area contributed by atoms with Crippen molar-refractivity contribution in [2.45, 2.75) is 0 Å². The van der Waals surface area contributed by atoms with Crippen LogP contribution in [0.1, 0.15) is 5.56 Å². The highest BCUT2D eigenvalue weighted by molar-refractivity contribution is 5.59. The first kappa shape index (κ1) is 8.32. The summed E-state index contributed by atoms with van der Waals surface area (Å²) in [6.45, 7) is 0. The molecule has 2 rings (SSSR count). The lowest BCUT2D eigenvalue weighted by atomic mass is 10.1. The van der Waals surface area contributed by atoms with Crippen LogP contribution < -0.4 is 0 Å². The van der Waals surface area contributed by atoms with E-state index in [0.29, 0.717) is 5.56 Å². The minimum absolute atomic E-state index is 0.635. The highest BCUT2D eigenvalue weighted by Crippen LogP contribution is 2.15. The first-order chi connectivity index (χ1) is 6.90. The van der Waals surface area contributed by atoms with Crippen molar-refractivity contribution in [3.8, 4) is 17.3 Å². The summed E-state index contributed by atoms with van der Waals surface area (Å²) in [5.74, 6) is 0. The second kappa shape index (κ2) is 3.62. The molecule has 0 aliphatic heterocycles. The normalized spacial score (nSPS) is 9.36. The molecule has 2 aromatic rings. The van der Waals surface area contributed by atoms with Crippen LogP contribution in [-0.2, 0) is 0 Å². The molecule has 4 nitrogen and oxygen atoms in total. The lowest BCUT2D eigenvalue weighted by Gasteiger charge is -1.97. The summed E-state index contributed by atoms with van der Waals surface area (Å²) < 4.78 is 0. The van der Waals surface area contributed by atoms with E-state index in [1.807, 2.05) is 12.1 Å². The minimum atomic E-state index is 0.635. The molecule has 66 valence electrons. The van der Waals surface area contributed by atoms with Gasteiger partial charge in [0, 0.05) is 5.56 Å². The molecule has 0 unspecified atom stereocenters. The van der Waals surface area contributed by atoms with Crippen molar-refractivity contribution in [3.05, 3.63) is 42.1 Å². The number of aromatic nitrogens is 3. The van der Waals surface area contributed by atoms with Crippen LogP contribution in [0, 0.1) is 11.3 Å². The Kier molecular flexibility index (Phi) is 2.15. The zero-order valence-electron chi connectivity index (χ0n) is 7.25. The summed E-state index contributed by atoms with van der Waals surface area (Å²) in [6, 6.07) is 11.0. The van der Waals surface area contributed by atoms with E-state index in [2.05, 4.69) is 21.5 Å². The molecule has 1 aromatic heterocycles. The van der Waals surface area contributed by atoms with Gasteiger partial charge in [-0.2, -0.15) is 5.26 Å². The maximum absolute atomic E-state index is 8.61. The second-order valence-corrected chi connectivity index (χ2v) is 2.70. The molecule has 0 fully saturated rings. The monoisotopic (exact) mass is 182 g/mol. The molecule has 0 saturated heterocycles. The summed E-state index contributed by atoms with van der Waals surface area (Å²) >= 11 is 0. The van der Waals surface area contributed by atoms with Gasteiger partial charge in [-0.3, -0.25) is 0 Å². The highest BCUT2D eigenvalue weighted by atomic mass is 15.3. The van der Waals surface area contributed by atoms with Gasteiger partial charge in [0.05, 0.1) is 23.5 Å². The fourth-order valence-corrected chi connectivity index (χ4v) is 1.11. The zero-order chi connectivity index (χ0) is 9.80. The number of hydrogen-bond acceptors (Lipinski definition) is 4. The largest absolute Gasteiger partial charge is 0.192 e. The van der Waals surface area contributed by atoms with Gasteiger partial charge in [-0.05, 0) is 23.4 Å². The molecule has 0 aliphatic carbocycles. The van der Waals surface area contributed by atoms with Crippen LogP contribution in [0.3, 0.4) is 0 Å². The third kappa shape index (κ3) is 1.57. The summed E-state index contributed by atoms with van der Waals surface area (Å²) in [5, 5.41) is 19.6. The molecule has 0 saturated carbocycles. The molecule has 0 aliphatic rings. The third-order valence-corrected chi connectivity index (χ3v) is 1.81. The average molecular weight is 182 g/mol. The quantitative estimate of drug-likeness (QED) is 0.668. The summed E-state index contributed by atoms with van der Waals surface area (Å²) in [7, 11) is 0. The fraction of sp³-hybridized carbons (Fsp3) is 0. The molecular weight excluding hydrogens is 176 g/mol. The average Bonchev–Trinajstić information content (AvgIpc) is 2.30. The van der Waals surface area contributed by atoms with Gasteiger partial charge in [0.2, 0.25) is 0 Å². The Morgan fingerprint density at radius 1 is 1.07 bits per heavy atom. The topological polar surface area (TPSA) is 62.5 Å². The van der Waals surface area contributed by atoms with Crippen molar-refractivity contribution in [3.63, 3.8) is 0 Å². The van der Waals surface area contributed by atoms with E-state index in [1.54, 1.807) is 24.4 Å². The summed E-state index contributed by atoms with van der Waals surface area (Å²) in [5.41, 5.74) is 2.32. The standard InChI is InChI=1S/C10H6N4/c11-7-8-1-3-9(4-2-8)10-5-6-12-14-13-10/h1-6H. The van der Waals surface area contributed by atoms with E-state index in [9.17, 15) is 0 Å². The third-order valence-electron chi connectivity index (χ3n) is 1.81. The summed E-state index contributed by atoms with van der Waals surface area (Å²) in [6.07, 6.45) is 1.58. The van der Waals surface area contributed by atoms with Crippen molar-refractivity contribution in [2.75, 3.05) is 0 Å². The van der Waals surface area contributed by atoms with Gasteiger partial charge in [0.1, 0.15) is 0 Å². The maximum Gasteiger partial charge on any atom is 0.0991 e. The van der Waals surface area contributed by atoms with Crippen molar-refractivity contribution < 1.29 is 0 Å². The Labute approximate surface area is 80.8 Å². The van der Waals surface area contributed by atoms with Gasteiger partial charge >= 0.3 is 0 Å². The minimum Gasteiger partial charge on any atom is -0.192 e. The molecule has 0 radical (unpaired) electrons. The van der Waals surface area contributed by atoms with E-state index in [1.165, 1.54) is 0 Å². The molecule has 1 aromatic carbocycles. The van der Waals surface area contributed by atoms with E-state index in [4.69, 9.17) is 5.26 Å². The molecule has 0 amide bonds. The highest BCUT2D eigenvalue weighted by Gasteiger charge is 1.98. The van der Waals surface area contributed by atoms with Crippen LogP contribution in [0.15, 0.2) is 36.5 Å². The van der Waals surface area contributed by atoms with Crippen LogP contribution in [0.25, 0.3) is 11.3 Å². The van der Waals surface area contributed by atoms with Gasteiger partial charge in [0.15, 0.2) is 0 Å². The Morgan fingerprint density at radius 3 is 2.43 bits per heavy atom. The van der Waals surface area contributed by atoms with Gasteiger partial charge in [-0.25, -0.2) is 0 Å². The maximum atomic E-state index is 8.61. The van der Waals surface area contributed by atoms with Crippen LogP contribution >= 0.6 is 0 Å². The van der Waals surface area contributed by atoms with Crippen LogP contribution in [0.5, 0.6) is 0 Å². The molecule has 4 heteroatoms. The van der Waals surface area contributed by atoms with E-state index >= 15 is 0 Å². The van der Waals surface area contributed by atoms with Gasteiger partial charge < -0.3 is 0 Å². The van der Waals surface area contributed by atoms with Crippen molar-refractivity contribution in [2.24, 2.45) is 0 Å². The second-order valence-electron chi connectivity index (χ2n) is 2.70. The number of nitrogens with zero attached hydrogens (tertiary/aromatic N) is 4. The van der Waals surface area contributed by atoms with E-state index in [0.717, 1.165) is 11.3 Å². The predicted octanol–water partition coefficient (Wildman–Crippen LogP) is 1.41. The van der Waals surface area contributed by atoms with Crippen LogP contribution in [0.4, 0.5) is 0 Å². The number of nitriles is 1. The predicted molar refractivity (Wildman–Crippen MR) is 50.0 cm³/mol. The Morgan fingerprint density at radius 2 is 1.86 bits per heavy atom. The van der Waals surface area contributed by atoms with Crippen LogP contribution in [-0.4, -0.2) is 15.4 Å². The molecule has 1 heterocycles. The zero-order valence-corrected chi connectivity index (χ0v) is 7.25. The van der Waals surface area contributed by atoms with Crippen molar-refractivity contribution in [1.29, 1.82) is 5.26 Å². The molecular formula is C10H6N4. The first-order valence-corrected chi connectivity index (χ1v) is 4.05. The smallest absolute Gasteiger partial charge is 0.0991 e. The van der Waals surface area contributed by atoms with Crippen molar-refractivity contribution >= 4 is 0 Å². The van der Waals surface area contributed by atoms with Crippen molar-refractivity contribution in [1.82, 2.24) is 15.4 Å². The van der Waals surface area contributed by atoms with Gasteiger partial charge in [-0.15, -0.1) is 10.2 Å². The molecule has 14 heavy (non-hydrogen) atoms. The SMILES string of the molecule is N#Cc1ccc(-c2ccnnn2)cc1. The van der Waals surface area contributed by atoms with E-state index in [-0.39, 0.29) is 0 Å². The molecule has 0 spiro atoms. The lowest BCUT2D eigenvalue weighted by molar-refractivity contribution is 0.870. The van der Waals surface area contributed by atoms with E-state index < -0.39 is 0 Å². The number of rotatable bonds is 1. The fourth-order valence-electron chi connectivity index (χ4n) is 1.11. The molecule has 0 N–H and O–H groups in total.